The van der Waals surface area contributed by atoms with E-state index in [9.17, 15) is 5.11 Å². The molecule has 1 aromatic carbocycles. The predicted molar refractivity (Wildman–Crippen MR) is 70.3 cm³/mol. The Hall–Kier alpha value is -0.900. The normalized spacial score (nSPS) is 24.1. The van der Waals surface area contributed by atoms with Crippen molar-refractivity contribution in [3.05, 3.63) is 35.9 Å². The summed E-state index contributed by atoms with van der Waals surface area (Å²) in [6, 6.07) is 10.2. The van der Waals surface area contributed by atoms with Gasteiger partial charge in [-0.3, -0.25) is 0 Å². The van der Waals surface area contributed by atoms with E-state index < -0.39 is 0 Å². The van der Waals surface area contributed by atoms with E-state index in [1.807, 2.05) is 18.2 Å². The van der Waals surface area contributed by atoms with Gasteiger partial charge in [-0.15, -0.1) is 0 Å². The maximum Gasteiger partial charge on any atom is 0.0834 e. The van der Waals surface area contributed by atoms with Crippen LogP contribution in [0.5, 0.6) is 0 Å². The van der Waals surface area contributed by atoms with Gasteiger partial charge in [0.25, 0.3) is 0 Å². The highest BCUT2D eigenvalue weighted by Gasteiger charge is 2.22. The van der Waals surface area contributed by atoms with Crippen LogP contribution in [0.25, 0.3) is 0 Å². The molecule has 2 atom stereocenters. The molecule has 0 unspecified atom stereocenters. The molecular formula is C15H22O3. The quantitative estimate of drug-likeness (QED) is 0.788. The van der Waals surface area contributed by atoms with Crippen LogP contribution in [0.3, 0.4) is 0 Å². The van der Waals surface area contributed by atoms with Crippen molar-refractivity contribution in [2.45, 2.75) is 44.5 Å². The average molecular weight is 250 g/mol. The number of benzene rings is 1. The fourth-order valence-corrected chi connectivity index (χ4v) is 2.25. The molecule has 1 aliphatic heterocycles. The third kappa shape index (κ3) is 4.41. The van der Waals surface area contributed by atoms with E-state index in [0.29, 0.717) is 6.61 Å². The smallest absolute Gasteiger partial charge is 0.0834 e. The first-order chi connectivity index (χ1) is 8.86. The highest BCUT2D eigenvalue weighted by molar-refractivity contribution is 5.13. The summed E-state index contributed by atoms with van der Waals surface area (Å²) in [7, 11) is 0. The summed E-state index contributed by atoms with van der Waals surface area (Å²) in [5, 5.41) is 9.74. The van der Waals surface area contributed by atoms with Gasteiger partial charge in [0.05, 0.1) is 18.8 Å². The first-order valence-electron chi connectivity index (χ1n) is 6.77. The van der Waals surface area contributed by atoms with Gasteiger partial charge in [0, 0.05) is 13.2 Å². The lowest BCUT2D eigenvalue weighted by molar-refractivity contribution is -0.0796. The van der Waals surface area contributed by atoms with Crippen LogP contribution in [0.4, 0.5) is 0 Å². The van der Waals surface area contributed by atoms with Gasteiger partial charge in [-0.25, -0.2) is 0 Å². The Morgan fingerprint density at radius 2 is 2.11 bits per heavy atom. The standard InChI is InChI=1S/C15H22O3/c16-14-8-4-11-18-15(14)9-5-10-17-12-13-6-2-1-3-7-13/h1-3,6-7,14-16H,4-5,8-12H2/t14-,15+/m0/s1. The Morgan fingerprint density at radius 1 is 1.28 bits per heavy atom. The van der Waals surface area contributed by atoms with E-state index in [2.05, 4.69) is 12.1 Å². The summed E-state index contributed by atoms with van der Waals surface area (Å²) < 4.78 is 11.2. The summed E-state index contributed by atoms with van der Waals surface area (Å²) in [6.45, 7) is 2.17. The minimum atomic E-state index is -0.284. The lowest BCUT2D eigenvalue weighted by Gasteiger charge is -2.27. The molecule has 0 spiro atoms. The van der Waals surface area contributed by atoms with Crippen LogP contribution in [-0.2, 0) is 16.1 Å². The van der Waals surface area contributed by atoms with Gasteiger partial charge in [-0.05, 0) is 31.2 Å². The second-order valence-corrected chi connectivity index (χ2v) is 4.80. The molecule has 1 saturated heterocycles. The van der Waals surface area contributed by atoms with Gasteiger partial charge in [0.2, 0.25) is 0 Å². The Kier molecular flexibility index (Phi) is 5.65. The topological polar surface area (TPSA) is 38.7 Å². The summed E-state index contributed by atoms with van der Waals surface area (Å²) in [4.78, 5) is 0. The van der Waals surface area contributed by atoms with E-state index >= 15 is 0 Å². The van der Waals surface area contributed by atoms with Crippen molar-refractivity contribution in [1.29, 1.82) is 0 Å². The first-order valence-corrected chi connectivity index (χ1v) is 6.77. The Bertz CT molecular complexity index is 326. The molecule has 2 rings (SSSR count). The first kappa shape index (κ1) is 13.5. The van der Waals surface area contributed by atoms with E-state index in [-0.39, 0.29) is 12.2 Å². The molecule has 1 aliphatic rings. The zero-order valence-corrected chi connectivity index (χ0v) is 10.8. The van der Waals surface area contributed by atoms with Crippen molar-refractivity contribution < 1.29 is 14.6 Å². The molecule has 0 radical (unpaired) electrons. The molecule has 3 heteroatoms. The fraction of sp³-hybridized carbons (Fsp3) is 0.600. The number of aliphatic hydroxyl groups excluding tert-OH is 1. The third-order valence-electron chi connectivity index (χ3n) is 3.29. The minimum Gasteiger partial charge on any atom is -0.390 e. The molecule has 1 heterocycles. The monoisotopic (exact) mass is 250 g/mol. The molecule has 0 aromatic heterocycles. The van der Waals surface area contributed by atoms with E-state index in [1.165, 1.54) is 5.56 Å². The lowest BCUT2D eigenvalue weighted by atomic mass is 10.0. The SMILES string of the molecule is O[C@H]1CCCO[C@@H]1CCCOCc1ccccc1. The number of hydrogen-bond donors (Lipinski definition) is 1. The van der Waals surface area contributed by atoms with Crippen molar-refractivity contribution in [3.8, 4) is 0 Å². The number of aliphatic hydroxyl groups is 1. The zero-order chi connectivity index (χ0) is 12.6. The van der Waals surface area contributed by atoms with Gasteiger partial charge in [-0.2, -0.15) is 0 Å². The van der Waals surface area contributed by atoms with Gasteiger partial charge in [0.1, 0.15) is 0 Å². The van der Waals surface area contributed by atoms with Gasteiger partial charge >= 0.3 is 0 Å². The molecular weight excluding hydrogens is 228 g/mol. The molecule has 3 nitrogen and oxygen atoms in total. The molecule has 18 heavy (non-hydrogen) atoms. The van der Waals surface area contributed by atoms with Crippen molar-refractivity contribution >= 4 is 0 Å². The molecule has 1 fully saturated rings. The van der Waals surface area contributed by atoms with E-state index in [0.717, 1.165) is 38.9 Å². The van der Waals surface area contributed by atoms with Crippen LogP contribution < -0.4 is 0 Å². The van der Waals surface area contributed by atoms with Crippen LogP contribution in [0.15, 0.2) is 30.3 Å². The number of rotatable bonds is 6. The largest absolute Gasteiger partial charge is 0.390 e. The number of hydrogen-bond acceptors (Lipinski definition) is 3. The van der Waals surface area contributed by atoms with Gasteiger partial charge in [0.15, 0.2) is 0 Å². The third-order valence-corrected chi connectivity index (χ3v) is 3.29. The maximum absolute atomic E-state index is 9.74. The molecule has 0 saturated carbocycles. The second-order valence-electron chi connectivity index (χ2n) is 4.80. The van der Waals surface area contributed by atoms with Gasteiger partial charge in [-0.1, -0.05) is 30.3 Å². The summed E-state index contributed by atoms with van der Waals surface area (Å²) in [5.74, 6) is 0. The van der Waals surface area contributed by atoms with Crippen LogP contribution in [0, 0.1) is 0 Å². The van der Waals surface area contributed by atoms with Crippen molar-refractivity contribution in [1.82, 2.24) is 0 Å². The Morgan fingerprint density at radius 3 is 2.89 bits per heavy atom. The lowest BCUT2D eigenvalue weighted by Crippen LogP contribution is -2.34. The van der Waals surface area contributed by atoms with Crippen LogP contribution in [-0.4, -0.2) is 30.5 Å². The fourth-order valence-electron chi connectivity index (χ4n) is 2.25. The average Bonchev–Trinajstić information content (AvgIpc) is 2.42. The Balaban J connectivity index is 1.56. The van der Waals surface area contributed by atoms with Crippen LogP contribution >= 0.6 is 0 Å². The zero-order valence-electron chi connectivity index (χ0n) is 10.8. The molecule has 0 bridgehead atoms. The van der Waals surface area contributed by atoms with Crippen molar-refractivity contribution in [3.63, 3.8) is 0 Å². The molecule has 0 amide bonds. The van der Waals surface area contributed by atoms with E-state index in [4.69, 9.17) is 9.47 Å². The highest BCUT2D eigenvalue weighted by Crippen LogP contribution is 2.17. The summed E-state index contributed by atoms with van der Waals surface area (Å²) in [6.07, 6.45) is 3.40. The van der Waals surface area contributed by atoms with Crippen LogP contribution in [0.1, 0.15) is 31.2 Å². The van der Waals surface area contributed by atoms with Crippen molar-refractivity contribution in [2.75, 3.05) is 13.2 Å². The summed E-state index contributed by atoms with van der Waals surface area (Å²) >= 11 is 0. The van der Waals surface area contributed by atoms with Gasteiger partial charge < -0.3 is 14.6 Å². The summed E-state index contributed by atoms with van der Waals surface area (Å²) in [5.41, 5.74) is 1.20. The maximum atomic E-state index is 9.74. The number of ether oxygens (including phenoxy) is 2. The highest BCUT2D eigenvalue weighted by atomic mass is 16.5. The second kappa shape index (κ2) is 7.52. The predicted octanol–water partition coefficient (Wildman–Crippen LogP) is 2.52. The van der Waals surface area contributed by atoms with E-state index in [1.54, 1.807) is 0 Å². The molecule has 1 aromatic rings. The van der Waals surface area contributed by atoms with Crippen LogP contribution in [0.2, 0.25) is 0 Å². The molecule has 0 aliphatic carbocycles. The molecule has 100 valence electrons. The van der Waals surface area contributed by atoms with Crippen molar-refractivity contribution in [2.24, 2.45) is 0 Å². The Labute approximate surface area is 109 Å². The molecule has 1 N–H and O–H groups in total. The minimum absolute atomic E-state index is 0.0130.